The van der Waals surface area contributed by atoms with Crippen LogP contribution in [0.25, 0.3) is 11.3 Å². The van der Waals surface area contributed by atoms with Gasteiger partial charge in [0.1, 0.15) is 0 Å². The maximum atomic E-state index is 12.5. The van der Waals surface area contributed by atoms with Crippen LogP contribution in [0.3, 0.4) is 0 Å². The number of amides is 1. The molecule has 1 aromatic heterocycles. The molecule has 0 saturated carbocycles. The summed E-state index contributed by atoms with van der Waals surface area (Å²) in [5.74, 6) is 0.298. The topological polar surface area (TPSA) is 116 Å². The van der Waals surface area contributed by atoms with Crippen molar-refractivity contribution >= 4 is 33.3 Å². The lowest BCUT2D eigenvalue weighted by atomic mass is 10.1. The Morgan fingerprint density at radius 3 is 2.26 bits per heavy atom. The fraction of sp³-hybridized carbons (Fsp3) is 0.207. The molecule has 202 valence electrons. The van der Waals surface area contributed by atoms with E-state index in [4.69, 9.17) is 0 Å². The number of hydrogen-bond acceptors (Lipinski definition) is 7. The van der Waals surface area contributed by atoms with E-state index < -0.39 is 10.0 Å². The van der Waals surface area contributed by atoms with Gasteiger partial charge < -0.3 is 15.5 Å². The van der Waals surface area contributed by atoms with Gasteiger partial charge in [-0.2, -0.15) is 0 Å². The van der Waals surface area contributed by atoms with E-state index >= 15 is 0 Å². The zero-order valence-corrected chi connectivity index (χ0v) is 22.8. The van der Waals surface area contributed by atoms with Crippen LogP contribution >= 0.6 is 0 Å². The van der Waals surface area contributed by atoms with Crippen LogP contribution in [0.1, 0.15) is 12.0 Å². The lowest BCUT2D eigenvalue weighted by molar-refractivity contribution is -0.115. The molecule has 4 rings (SSSR count). The van der Waals surface area contributed by atoms with Crippen molar-refractivity contribution in [2.75, 3.05) is 37.8 Å². The number of hydrogen-bond donors (Lipinski definition) is 3. The van der Waals surface area contributed by atoms with Crippen LogP contribution in [0.2, 0.25) is 0 Å². The second-order valence-electron chi connectivity index (χ2n) is 9.26. The molecule has 10 heteroatoms. The van der Waals surface area contributed by atoms with Gasteiger partial charge in [0.2, 0.25) is 21.9 Å². The van der Waals surface area contributed by atoms with E-state index in [0.717, 1.165) is 24.1 Å². The third-order valence-corrected chi connectivity index (χ3v) is 7.30. The quantitative estimate of drug-likeness (QED) is 0.228. The Morgan fingerprint density at radius 1 is 0.872 bits per heavy atom. The third kappa shape index (κ3) is 8.44. The van der Waals surface area contributed by atoms with Crippen LogP contribution in [0.5, 0.6) is 0 Å². The van der Waals surface area contributed by atoms with Gasteiger partial charge in [-0.1, -0.05) is 42.5 Å². The number of benzene rings is 3. The molecule has 0 unspecified atom stereocenters. The largest absolute Gasteiger partial charge is 0.326 e. The van der Waals surface area contributed by atoms with E-state index in [1.165, 1.54) is 0 Å². The van der Waals surface area contributed by atoms with E-state index in [0.29, 0.717) is 36.0 Å². The van der Waals surface area contributed by atoms with Gasteiger partial charge in [-0.15, -0.1) is 0 Å². The van der Waals surface area contributed by atoms with Crippen LogP contribution in [0, 0.1) is 0 Å². The van der Waals surface area contributed by atoms with Crippen molar-refractivity contribution in [1.29, 1.82) is 0 Å². The molecule has 0 spiro atoms. The summed E-state index contributed by atoms with van der Waals surface area (Å²) in [6, 6.07) is 25.3. The predicted molar refractivity (Wildman–Crippen MR) is 154 cm³/mol. The van der Waals surface area contributed by atoms with Crippen LogP contribution in [-0.4, -0.2) is 56.4 Å². The zero-order valence-electron chi connectivity index (χ0n) is 22.0. The van der Waals surface area contributed by atoms with Crippen LogP contribution in [-0.2, 0) is 21.2 Å². The Bertz CT molecular complexity index is 1480. The Morgan fingerprint density at radius 2 is 1.56 bits per heavy atom. The Balaban J connectivity index is 1.35. The number of carbonyl (C=O) groups is 1. The molecule has 0 aliphatic carbocycles. The average molecular weight is 545 g/mol. The SMILES string of the molecule is CN(C)CCCNS(=O)(=O)c1ccc(Nc2nccc(-c3ccc(NC(=O)Cc4ccccc4)cc3)n2)cc1. The first-order chi connectivity index (χ1) is 18.8. The highest BCUT2D eigenvalue weighted by Crippen LogP contribution is 2.22. The summed E-state index contributed by atoms with van der Waals surface area (Å²) in [6.07, 6.45) is 2.69. The van der Waals surface area contributed by atoms with Gasteiger partial charge in [0, 0.05) is 29.7 Å². The molecule has 3 aromatic carbocycles. The van der Waals surface area contributed by atoms with Gasteiger partial charge in [-0.3, -0.25) is 4.79 Å². The summed E-state index contributed by atoms with van der Waals surface area (Å²) < 4.78 is 27.7. The molecule has 0 saturated heterocycles. The van der Waals surface area contributed by atoms with Gasteiger partial charge in [-0.05, 0) is 75.1 Å². The molecule has 39 heavy (non-hydrogen) atoms. The summed E-state index contributed by atoms with van der Waals surface area (Å²) in [5, 5.41) is 6.03. The molecule has 1 heterocycles. The van der Waals surface area contributed by atoms with E-state index in [-0.39, 0.29) is 10.8 Å². The normalized spacial score (nSPS) is 11.4. The van der Waals surface area contributed by atoms with Crippen LogP contribution in [0.15, 0.2) is 96.0 Å². The minimum absolute atomic E-state index is 0.0820. The molecule has 9 nitrogen and oxygen atoms in total. The molecule has 0 atom stereocenters. The first-order valence-electron chi connectivity index (χ1n) is 12.6. The van der Waals surface area contributed by atoms with Crippen molar-refractivity contribution in [3.63, 3.8) is 0 Å². The van der Waals surface area contributed by atoms with Gasteiger partial charge in [0.15, 0.2) is 0 Å². The molecule has 0 aliphatic heterocycles. The first-order valence-corrected chi connectivity index (χ1v) is 14.1. The van der Waals surface area contributed by atoms with Gasteiger partial charge in [0.25, 0.3) is 0 Å². The van der Waals surface area contributed by atoms with Crippen LogP contribution < -0.4 is 15.4 Å². The Hall–Kier alpha value is -4.12. The van der Waals surface area contributed by atoms with Crippen molar-refractivity contribution in [2.24, 2.45) is 0 Å². The smallest absolute Gasteiger partial charge is 0.240 e. The van der Waals surface area contributed by atoms with E-state index in [1.54, 1.807) is 36.5 Å². The summed E-state index contributed by atoms with van der Waals surface area (Å²) in [7, 11) is 0.328. The first kappa shape index (κ1) is 27.9. The van der Waals surface area contributed by atoms with Crippen molar-refractivity contribution in [1.82, 2.24) is 19.6 Å². The molecule has 0 bridgehead atoms. The van der Waals surface area contributed by atoms with E-state index in [1.807, 2.05) is 73.6 Å². The van der Waals surface area contributed by atoms with Gasteiger partial charge in [-0.25, -0.2) is 23.1 Å². The average Bonchev–Trinajstić information content (AvgIpc) is 2.92. The maximum Gasteiger partial charge on any atom is 0.240 e. The summed E-state index contributed by atoms with van der Waals surface area (Å²) >= 11 is 0. The van der Waals surface area contributed by atoms with Gasteiger partial charge in [0.05, 0.1) is 17.0 Å². The minimum Gasteiger partial charge on any atom is -0.326 e. The lowest BCUT2D eigenvalue weighted by Gasteiger charge is -2.11. The Kier molecular flexibility index (Phi) is 9.37. The third-order valence-electron chi connectivity index (χ3n) is 5.82. The standard InChI is InChI=1S/C29H32N6O3S/c1-35(2)20-6-18-31-39(37,38)26-15-13-25(14-16-26)33-29-30-19-17-27(34-29)23-9-11-24(12-10-23)32-28(36)21-22-7-4-3-5-8-22/h3-5,7-17,19,31H,6,18,20-21H2,1-2H3,(H,32,36)(H,30,33,34). The summed E-state index contributed by atoms with van der Waals surface area (Å²) in [6.45, 7) is 1.18. The lowest BCUT2D eigenvalue weighted by Crippen LogP contribution is -2.27. The number of anilines is 3. The number of rotatable bonds is 12. The highest BCUT2D eigenvalue weighted by atomic mass is 32.2. The molecule has 0 fully saturated rings. The minimum atomic E-state index is -3.57. The Labute approximate surface area is 229 Å². The number of sulfonamides is 1. The molecule has 3 N–H and O–H groups in total. The van der Waals surface area contributed by atoms with E-state index in [2.05, 4.69) is 25.3 Å². The second-order valence-corrected chi connectivity index (χ2v) is 11.0. The molecule has 1 amide bonds. The molecular weight excluding hydrogens is 512 g/mol. The summed E-state index contributed by atoms with van der Waals surface area (Å²) in [4.78, 5) is 23.4. The predicted octanol–water partition coefficient (Wildman–Crippen LogP) is 4.30. The fourth-order valence-electron chi connectivity index (χ4n) is 3.82. The van der Waals surface area contributed by atoms with Crippen molar-refractivity contribution in [3.05, 3.63) is 96.7 Å². The maximum absolute atomic E-state index is 12.5. The number of aromatic nitrogens is 2. The molecule has 0 radical (unpaired) electrons. The number of nitrogens with zero attached hydrogens (tertiary/aromatic N) is 3. The zero-order chi connectivity index (χ0) is 27.7. The molecule has 0 aliphatic rings. The summed E-state index contributed by atoms with van der Waals surface area (Å²) in [5.41, 5.74) is 3.89. The van der Waals surface area contributed by atoms with E-state index in [9.17, 15) is 13.2 Å². The van der Waals surface area contributed by atoms with Gasteiger partial charge >= 0.3 is 0 Å². The molecular formula is C29H32N6O3S. The van der Waals surface area contributed by atoms with Crippen LogP contribution in [0.4, 0.5) is 17.3 Å². The monoisotopic (exact) mass is 544 g/mol. The molecule has 4 aromatic rings. The van der Waals surface area contributed by atoms with Crippen molar-refractivity contribution in [3.8, 4) is 11.3 Å². The number of nitrogens with one attached hydrogen (secondary N) is 3. The number of carbonyl (C=O) groups excluding carboxylic acids is 1. The van der Waals surface area contributed by atoms with Crippen molar-refractivity contribution in [2.45, 2.75) is 17.7 Å². The van der Waals surface area contributed by atoms with Crippen molar-refractivity contribution < 1.29 is 13.2 Å². The fourth-order valence-corrected chi connectivity index (χ4v) is 4.90. The highest BCUT2D eigenvalue weighted by molar-refractivity contribution is 7.89. The highest BCUT2D eigenvalue weighted by Gasteiger charge is 2.13. The second kappa shape index (κ2) is 13.1.